The van der Waals surface area contributed by atoms with E-state index in [-0.39, 0.29) is 0 Å². The lowest BCUT2D eigenvalue weighted by Crippen LogP contribution is -2.08. The number of fused-ring (bicyclic) bond motifs is 1. The molecule has 0 fully saturated rings. The average molecular weight is 215 g/mol. The molecule has 78 valence electrons. The second-order valence-corrected chi connectivity index (χ2v) is 4.17. The summed E-state index contributed by atoms with van der Waals surface area (Å²) in [4.78, 5) is 0. The second-order valence-electron chi connectivity index (χ2n) is 3.14. The Morgan fingerprint density at radius 2 is 1.50 bits per heavy atom. The van der Waals surface area contributed by atoms with Crippen LogP contribution in [-0.4, -0.2) is 13.0 Å². The van der Waals surface area contributed by atoms with Crippen LogP contribution in [0.1, 0.15) is 17.5 Å². The first kappa shape index (κ1) is 11.2. The van der Waals surface area contributed by atoms with Crippen molar-refractivity contribution in [2.75, 3.05) is 0 Å². The quantitative estimate of drug-likeness (QED) is 0.631. The first-order chi connectivity index (χ1) is 6.47. The van der Waals surface area contributed by atoms with Crippen molar-refractivity contribution < 1.29 is 13.0 Å². The van der Waals surface area contributed by atoms with Gasteiger partial charge < -0.3 is 0 Å². The summed E-state index contributed by atoms with van der Waals surface area (Å²) in [7, 11) is -4.17. The molecule has 0 spiro atoms. The summed E-state index contributed by atoms with van der Waals surface area (Å²) >= 11 is 0. The van der Waals surface area contributed by atoms with Gasteiger partial charge in [-0.05, 0) is 30.4 Å². The molecule has 14 heavy (non-hydrogen) atoms. The molecule has 0 aliphatic heterocycles. The Balaban J connectivity index is 0.000000171. The fourth-order valence-electron chi connectivity index (χ4n) is 1.51. The van der Waals surface area contributed by atoms with Crippen LogP contribution >= 0.6 is 0 Å². The van der Waals surface area contributed by atoms with Gasteiger partial charge in [0.2, 0.25) is 0 Å². The smallest absolute Gasteiger partial charge is 0.274 e. The van der Waals surface area contributed by atoms with Crippen LogP contribution in [0.3, 0.4) is 0 Å². The predicted molar refractivity (Wildman–Crippen MR) is 54.2 cm³/mol. The number of benzene rings is 1. The lowest BCUT2D eigenvalue weighted by Gasteiger charge is -1.93. The lowest BCUT2D eigenvalue weighted by molar-refractivity contribution is 0.485. The van der Waals surface area contributed by atoms with Gasteiger partial charge in [-0.25, -0.2) is 5.14 Å². The topological polar surface area (TPSA) is 80.4 Å². The molecule has 0 amide bonds. The maximum absolute atomic E-state index is 8.97. The highest BCUT2D eigenvalue weighted by molar-refractivity contribution is 7.83. The zero-order valence-electron chi connectivity index (χ0n) is 7.68. The van der Waals surface area contributed by atoms with E-state index in [0.29, 0.717) is 0 Å². The molecule has 0 heterocycles. The predicted octanol–water partition coefficient (Wildman–Crippen LogP) is 0.923. The molecule has 4 nitrogen and oxygen atoms in total. The fraction of sp³-hybridized carbons (Fsp3) is 0.333. The third kappa shape index (κ3) is 4.36. The Labute approximate surface area is 83.6 Å². The van der Waals surface area contributed by atoms with Crippen LogP contribution in [0.15, 0.2) is 24.3 Å². The SMILES string of the molecule is NS(=O)(=O)O.c1ccc2c(c1)CCC2. The summed E-state index contributed by atoms with van der Waals surface area (Å²) < 4.78 is 25.2. The second kappa shape index (κ2) is 4.54. The molecule has 1 aliphatic rings. The summed E-state index contributed by atoms with van der Waals surface area (Å²) in [5.41, 5.74) is 3.13. The van der Waals surface area contributed by atoms with E-state index in [4.69, 9.17) is 13.0 Å². The molecule has 5 heteroatoms. The minimum atomic E-state index is -4.17. The monoisotopic (exact) mass is 215 g/mol. The van der Waals surface area contributed by atoms with Gasteiger partial charge in [-0.1, -0.05) is 24.3 Å². The Hall–Kier alpha value is -0.910. The number of rotatable bonds is 0. The number of hydrogen-bond acceptors (Lipinski definition) is 2. The zero-order chi connectivity index (χ0) is 10.6. The van der Waals surface area contributed by atoms with Crippen molar-refractivity contribution in [3.63, 3.8) is 0 Å². The molecular weight excluding hydrogens is 202 g/mol. The van der Waals surface area contributed by atoms with Gasteiger partial charge in [0.25, 0.3) is 0 Å². The van der Waals surface area contributed by atoms with Gasteiger partial charge in [-0.3, -0.25) is 4.55 Å². The Morgan fingerprint density at radius 1 is 1.14 bits per heavy atom. The van der Waals surface area contributed by atoms with E-state index in [1.165, 1.54) is 19.3 Å². The molecule has 0 unspecified atom stereocenters. The van der Waals surface area contributed by atoms with Crippen molar-refractivity contribution in [3.8, 4) is 0 Å². The van der Waals surface area contributed by atoms with E-state index in [2.05, 4.69) is 29.4 Å². The van der Waals surface area contributed by atoms with E-state index in [0.717, 1.165) is 0 Å². The molecular formula is C9H13NO3S. The van der Waals surface area contributed by atoms with E-state index >= 15 is 0 Å². The van der Waals surface area contributed by atoms with Crippen LogP contribution < -0.4 is 5.14 Å². The summed E-state index contributed by atoms with van der Waals surface area (Å²) in [6.07, 6.45) is 3.96. The highest BCUT2D eigenvalue weighted by Crippen LogP contribution is 2.20. The first-order valence-corrected chi connectivity index (χ1v) is 5.79. The van der Waals surface area contributed by atoms with Crippen molar-refractivity contribution in [1.29, 1.82) is 0 Å². The van der Waals surface area contributed by atoms with Crippen LogP contribution in [-0.2, 0) is 23.1 Å². The van der Waals surface area contributed by atoms with Gasteiger partial charge in [-0.15, -0.1) is 0 Å². The Morgan fingerprint density at radius 3 is 1.86 bits per heavy atom. The van der Waals surface area contributed by atoms with Crippen LogP contribution in [0.25, 0.3) is 0 Å². The van der Waals surface area contributed by atoms with Crippen molar-refractivity contribution >= 4 is 10.3 Å². The summed E-state index contributed by atoms with van der Waals surface area (Å²) in [6, 6.07) is 8.74. The third-order valence-corrected chi connectivity index (χ3v) is 2.01. The zero-order valence-corrected chi connectivity index (χ0v) is 8.50. The van der Waals surface area contributed by atoms with E-state index < -0.39 is 10.3 Å². The molecule has 0 aromatic heterocycles. The molecule has 0 saturated carbocycles. The number of hydrogen-bond donors (Lipinski definition) is 2. The molecule has 1 aromatic rings. The standard InChI is InChI=1S/C9H10.H3NO3S/c1-2-5-9-7-3-6-8(9)4-1;1-5(2,3)4/h1-2,4-5H,3,6-7H2;(H3,1,2,3,4). The van der Waals surface area contributed by atoms with Crippen LogP contribution in [0, 0.1) is 0 Å². The lowest BCUT2D eigenvalue weighted by atomic mass is 10.1. The minimum Gasteiger partial charge on any atom is -0.274 e. The van der Waals surface area contributed by atoms with E-state index in [1.54, 1.807) is 11.1 Å². The fourth-order valence-corrected chi connectivity index (χ4v) is 1.51. The van der Waals surface area contributed by atoms with Crippen molar-refractivity contribution in [3.05, 3.63) is 35.4 Å². The maximum atomic E-state index is 8.97. The Bertz CT molecular complexity index is 369. The molecule has 0 radical (unpaired) electrons. The normalized spacial score (nSPS) is 14.1. The Kier molecular flexibility index (Phi) is 3.62. The average Bonchev–Trinajstić information content (AvgIpc) is 2.47. The summed E-state index contributed by atoms with van der Waals surface area (Å²) in [5, 5.41) is 3.88. The van der Waals surface area contributed by atoms with Gasteiger partial charge in [-0.2, -0.15) is 8.42 Å². The molecule has 1 aliphatic carbocycles. The van der Waals surface area contributed by atoms with Crippen molar-refractivity contribution in [1.82, 2.24) is 0 Å². The summed E-state index contributed by atoms with van der Waals surface area (Å²) in [6.45, 7) is 0. The molecule has 0 saturated heterocycles. The molecule has 0 atom stereocenters. The third-order valence-electron chi connectivity index (χ3n) is 2.01. The van der Waals surface area contributed by atoms with E-state index in [1.807, 2.05) is 0 Å². The van der Waals surface area contributed by atoms with Gasteiger partial charge in [0, 0.05) is 0 Å². The van der Waals surface area contributed by atoms with Crippen LogP contribution in [0.5, 0.6) is 0 Å². The maximum Gasteiger partial charge on any atom is 0.330 e. The van der Waals surface area contributed by atoms with Crippen LogP contribution in [0.2, 0.25) is 0 Å². The number of nitrogens with two attached hydrogens (primary N) is 1. The van der Waals surface area contributed by atoms with Gasteiger partial charge in [0.1, 0.15) is 0 Å². The van der Waals surface area contributed by atoms with E-state index in [9.17, 15) is 0 Å². The van der Waals surface area contributed by atoms with Gasteiger partial charge in [0.15, 0.2) is 0 Å². The molecule has 1 aromatic carbocycles. The first-order valence-electron chi connectivity index (χ1n) is 4.29. The largest absolute Gasteiger partial charge is 0.330 e. The van der Waals surface area contributed by atoms with Crippen LogP contribution in [0.4, 0.5) is 0 Å². The highest BCUT2D eigenvalue weighted by atomic mass is 32.2. The molecule has 2 rings (SSSR count). The highest BCUT2D eigenvalue weighted by Gasteiger charge is 2.07. The minimum absolute atomic E-state index is 1.30. The summed E-state index contributed by atoms with van der Waals surface area (Å²) in [5.74, 6) is 0. The van der Waals surface area contributed by atoms with Crippen molar-refractivity contribution in [2.45, 2.75) is 19.3 Å². The van der Waals surface area contributed by atoms with Gasteiger partial charge >= 0.3 is 10.3 Å². The molecule has 0 bridgehead atoms. The van der Waals surface area contributed by atoms with Crippen molar-refractivity contribution in [2.24, 2.45) is 5.14 Å². The number of aryl methyl sites for hydroxylation is 2. The molecule has 3 N–H and O–H groups in total. The van der Waals surface area contributed by atoms with Gasteiger partial charge in [0.05, 0.1) is 0 Å².